The fourth-order valence-electron chi connectivity index (χ4n) is 6.18. The zero-order valence-electron chi connectivity index (χ0n) is 18.6. The van der Waals surface area contributed by atoms with E-state index < -0.39 is 0 Å². The first kappa shape index (κ1) is 19.9. The summed E-state index contributed by atoms with van der Waals surface area (Å²) < 4.78 is 11.3. The molecule has 4 atom stereocenters. The number of likely N-dealkylation sites (tertiary alicyclic amines) is 1. The lowest BCUT2D eigenvalue weighted by molar-refractivity contribution is 0.00527. The van der Waals surface area contributed by atoms with Gasteiger partial charge in [0.15, 0.2) is 11.5 Å². The fourth-order valence-corrected chi connectivity index (χ4v) is 6.18. The van der Waals surface area contributed by atoms with Crippen molar-refractivity contribution in [1.82, 2.24) is 15.1 Å². The van der Waals surface area contributed by atoms with Crippen molar-refractivity contribution < 1.29 is 14.3 Å². The van der Waals surface area contributed by atoms with Crippen molar-refractivity contribution in [3.63, 3.8) is 0 Å². The number of amides is 2. The molecule has 1 N–H and O–H groups in total. The Kier molecular flexibility index (Phi) is 4.98. The van der Waals surface area contributed by atoms with Crippen LogP contribution in [0.4, 0.5) is 4.79 Å². The van der Waals surface area contributed by atoms with E-state index in [0.29, 0.717) is 18.8 Å². The molecule has 32 heavy (non-hydrogen) atoms. The van der Waals surface area contributed by atoms with Gasteiger partial charge < -0.3 is 19.7 Å². The van der Waals surface area contributed by atoms with Crippen LogP contribution in [0.25, 0.3) is 0 Å². The average molecular weight is 434 g/mol. The third kappa shape index (κ3) is 3.41. The second kappa shape index (κ2) is 8.00. The van der Waals surface area contributed by atoms with Gasteiger partial charge in [-0.25, -0.2) is 4.79 Å². The number of nitrogens with one attached hydrogen (secondary N) is 1. The van der Waals surface area contributed by atoms with Gasteiger partial charge in [-0.15, -0.1) is 0 Å². The van der Waals surface area contributed by atoms with Crippen LogP contribution in [0, 0.1) is 5.92 Å². The first-order valence-corrected chi connectivity index (χ1v) is 12.0. The molecule has 2 amide bonds. The van der Waals surface area contributed by atoms with Gasteiger partial charge in [0.2, 0.25) is 6.79 Å². The van der Waals surface area contributed by atoms with Crippen LogP contribution in [0.2, 0.25) is 0 Å². The van der Waals surface area contributed by atoms with E-state index >= 15 is 0 Å². The van der Waals surface area contributed by atoms with Gasteiger partial charge in [0.1, 0.15) is 0 Å². The van der Waals surface area contributed by atoms with Crippen LogP contribution < -0.4 is 14.8 Å². The average Bonchev–Trinajstić information content (AvgIpc) is 3.29. The Bertz CT molecular complexity index is 1010. The van der Waals surface area contributed by atoms with Gasteiger partial charge in [-0.3, -0.25) is 4.90 Å². The van der Waals surface area contributed by atoms with Gasteiger partial charge in [-0.05, 0) is 67.3 Å². The molecule has 2 saturated heterocycles. The fraction of sp³-hybridized carbons (Fsp3) is 0.500. The summed E-state index contributed by atoms with van der Waals surface area (Å²) in [4.78, 5) is 18.1. The molecule has 0 unspecified atom stereocenters. The summed E-state index contributed by atoms with van der Waals surface area (Å²) in [7, 11) is 0. The molecule has 0 bridgehead atoms. The van der Waals surface area contributed by atoms with Gasteiger partial charge >= 0.3 is 6.03 Å². The maximum atomic E-state index is 13.4. The second-order valence-corrected chi connectivity index (χ2v) is 9.65. The standard InChI is InChI=1S/C26H31N3O3/c1-17(18-6-3-2-4-7-18)27-26(30)29-10-5-8-20-15-28-11-9-19-12-24-25(32-16-31-24)13-21(19)23(28)14-22(20)29/h2-4,6-7,12-13,17,20,22-23H,5,8-11,14-16H2,1H3,(H,27,30)/t17-,20+,22-,23-/m1/s1. The SMILES string of the molecule is C[C@@H](NC(=O)N1CCC[C@H]2CN3CCc4cc5c(cc4[C@H]3C[C@H]21)OCO5)c1ccccc1. The van der Waals surface area contributed by atoms with E-state index in [1.54, 1.807) is 0 Å². The van der Waals surface area contributed by atoms with Gasteiger partial charge in [0, 0.05) is 31.7 Å². The molecule has 0 spiro atoms. The summed E-state index contributed by atoms with van der Waals surface area (Å²) in [5, 5.41) is 3.26. The highest BCUT2D eigenvalue weighted by atomic mass is 16.7. The molecule has 6 heteroatoms. The molecule has 2 aromatic rings. The Hall–Kier alpha value is -2.73. The molecule has 6 rings (SSSR count). The van der Waals surface area contributed by atoms with Gasteiger partial charge in [-0.2, -0.15) is 0 Å². The van der Waals surface area contributed by atoms with Gasteiger partial charge in [-0.1, -0.05) is 30.3 Å². The lowest BCUT2D eigenvalue weighted by Crippen LogP contribution is -2.59. The Morgan fingerprint density at radius 3 is 2.78 bits per heavy atom. The predicted octanol–water partition coefficient (Wildman–Crippen LogP) is 4.27. The number of carbonyl (C=O) groups excluding carboxylic acids is 1. The topological polar surface area (TPSA) is 54.0 Å². The Labute approximate surface area is 189 Å². The van der Waals surface area contributed by atoms with Crippen LogP contribution in [0.3, 0.4) is 0 Å². The number of carbonyl (C=O) groups is 1. The molecule has 2 aromatic carbocycles. The molecule has 4 aliphatic rings. The minimum atomic E-state index is -0.000640. The second-order valence-electron chi connectivity index (χ2n) is 9.65. The molecule has 4 heterocycles. The van der Waals surface area contributed by atoms with E-state index in [1.807, 2.05) is 18.2 Å². The Morgan fingerprint density at radius 1 is 1.12 bits per heavy atom. The quantitative estimate of drug-likeness (QED) is 0.769. The molecule has 0 aromatic heterocycles. The Morgan fingerprint density at radius 2 is 1.94 bits per heavy atom. The number of hydrogen-bond acceptors (Lipinski definition) is 4. The molecule has 0 radical (unpaired) electrons. The van der Waals surface area contributed by atoms with Crippen molar-refractivity contribution >= 4 is 6.03 Å². The van der Waals surface area contributed by atoms with Crippen molar-refractivity contribution in [3.05, 3.63) is 59.2 Å². The monoisotopic (exact) mass is 433 g/mol. The van der Waals surface area contributed by atoms with Crippen LogP contribution in [0.1, 0.15) is 55.0 Å². The first-order chi connectivity index (χ1) is 15.7. The van der Waals surface area contributed by atoms with Crippen LogP contribution >= 0.6 is 0 Å². The highest BCUT2D eigenvalue weighted by molar-refractivity contribution is 5.75. The number of fused-ring (bicyclic) bond motifs is 5. The van der Waals surface area contributed by atoms with Gasteiger partial charge in [0.25, 0.3) is 0 Å². The Balaban J connectivity index is 1.23. The van der Waals surface area contributed by atoms with Crippen molar-refractivity contribution in [2.24, 2.45) is 5.92 Å². The van der Waals surface area contributed by atoms with E-state index in [4.69, 9.17) is 9.47 Å². The molecule has 6 nitrogen and oxygen atoms in total. The summed E-state index contributed by atoms with van der Waals surface area (Å²) in [5.41, 5.74) is 3.88. The lowest BCUT2D eigenvalue weighted by atomic mass is 9.76. The summed E-state index contributed by atoms with van der Waals surface area (Å²) in [5.74, 6) is 2.29. The van der Waals surface area contributed by atoms with Gasteiger partial charge in [0.05, 0.1) is 6.04 Å². The molecule has 0 aliphatic carbocycles. The highest BCUT2D eigenvalue weighted by Crippen LogP contribution is 2.46. The molecular formula is C26H31N3O3. The maximum absolute atomic E-state index is 13.4. The number of piperidine rings is 2. The van der Waals surface area contributed by atoms with Crippen molar-refractivity contribution in [2.75, 3.05) is 26.4 Å². The molecule has 4 aliphatic heterocycles. The maximum Gasteiger partial charge on any atom is 0.318 e. The number of nitrogens with zero attached hydrogens (tertiary/aromatic N) is 2. The third-order valence-electron chi connectivity index (χ3n) is 7.86. The minimum absolute atomic E-state index is 0.000640. The van der Waals surface area contributed by atoms with E-state index in [1.165, 1.54) is 17.5 Å². The number of hydrogen-bond donors (Lipinski definition) is 1. The number of ether oxygens (including phenoxy) is 2. The molecule has 0 saturated carbocycles. The number of urea groups is 1. The normalized spacial score (nSPS) is 27.2. The lowest BCUT2D eigenvalue weighted by Gasteiger charge is -2.52. The van der Waals surface area contributed by atoms with E-state index in [0.717, 1.165) is 56.0 Å². The third-order valence-corrected chi connectivity index (χ3v) is 7.86. The zero-order valence-corrected chi connectivity index (χ0v) is 18.6. The number of benzene rings is 2. The first-order valence-electron chi connectivity index (χ1n) is 12.0. The highest BCUT2D eigenvalue weighted by Gasteiger charge is 2.44. The summed E-state index contributed by atoms with van der Waals surface area (Å²) >= 11 is 0. The molecule has 168 valence electrons. The van der Waals surface area contributed by atoms with Crippen molar-refractivity contribution in [2.45, 2.75) is 50.7 Å². The van der Waals surface area contributed by atoms with E-state index in [2.05, 4.69) is 46.3 Å². The van der Waals surface area contributed by atoms with Crippen molar-refractivity contribution in [3.8, 4) is 11.5 Å². The van der Waals surface area contributed by atoms with Crippen LogP contribution in [0.5, 0.6) is 11.5 Å². The van der Waals surface area contributed by atoms with E-state index in [-0.39, 0.29) is 18.1 Å². The van der Waals surface area contributed by atoms with Crippen LogP contribution in [0.15, 0.2) is 42.5 Å². The van der Waals surface area contributed by atoms with E-state index in [9.17, 15) is 4.79 Å². The summed E-state index contributed by atoms with van der Waals surface area (Å²) in [6.45, 7) is 5.37. The largest absolute Gasteiger partial charge is 0.454 e. The summed E-state index contributed by atoms with van der Waals surface area (Å²) in [6, 6.07) is 15.3. The predicted molar refractivity (Wildman–Crippen MR) is 122 cm³/mol. The smallest absolute Gasteiger partial charge is 0.318 e. The van der Waals surface area contributed by atoms with Crippen molar-refractivity contribution in [1.29, 1.82) is 0 Å². The minimum Gasteiger partial charge on any atom is -0.454 e. The molecular weight excluding hydrogens is 402 g/mol. The van der Waals surface area contributed by atoms with Crippen LogP contribution in [-0.4, -0.2) is 48.3 Å². The number of rotatable bonds is 2. The summed E-state index contributed by atoms with van der Waals surface area (Å²) in [6.07, 6.45) is 4.34. The zero-order chi connectivity index (χ0) is 21.7. The molecule has 2 fully saturated rings. The van der Waals surface area contributed by atoms with Crippen LogP contribution in [-0.2, 0) is 6.42 Å².